The third-order valence-corrected chi connectivity index (χ3v) is 1.23. The molecule has 0 N–H and O–H groups in total. The fourth-order valence-electron chi connectivity index (χ4n) is 0.701. The number of carbonyl (C=O) groups is 1. The van der Waals surface area contributed by atoms with Crippen molar-refractivity contribution in [3.63, 3.8) is 0 Å². The van der Waals surface area contributed by atoms with Crippen LogP contribution < -0.4 is 0 Å². The maximum Gasteiger partial charge on any atom is 0.340 e. The number of aromatic nitrogens is 1. The second-order valence-electron chi connectivity index (χ2n) is 2.13. The minimum atomic E-state index is -0.372. The molecule has 0 aromatic carbocycles. The summed E-state index contributed by atoms with van der Waals surface area (Å²) in [6.07, 6.45) is 4.59. The number of pyridine rings is 1. The summed E-state index contributed by atoms with van der Waals surface area (Å²) in [5.74, 6) is -0.372. The molecule has 1 heterocycles. The smallest absolute Gasteiger partial charge is 0.340 e. The first-order valence-corrected chi connectivity index (χ1v) is 3.52. The maximum atomic E-state index is 11.1. The first-order valence-electron chi connectivity index (χ1n) is 3.52. The van der Waals surface area contributed by atoms with Gasteiger partial charge in [0.2, 0.25) is 0 Å². The van der Waals surface area contributed by atoms with E-state index in [2.05, 4.69) is 11.6 Å². The van der Waals surface area contributed by atoms with Crippen molar-refractivity contribution in [3.05, 3.63) is 50.2 Å². The van der Waals surface area contributed by atoms with E-state index in [0.29, 0.717) is 5.56 Å². The number of nitrogens with zero attached hydrogens (tertiary/aromatic N) is 1. The molecule has 3 heteroatoms. The Balaban J connectivity index is 0.00000144. The average molecular weight is 175 g/mol. The fraction of sp³-hybridized carbons (Fsp3) is 0.100. The van der Waals surface area contributed by atoms with Gasteiger partial charge in [-0.15, -0.1) is 0 Å². The van der Waals surface area contributed by atoms with Crippen molar-refractivity contribution in [2.75, 3.05) is 6.61 Å². The lowest BCUT2D eigenvalue weighted by molar-refractivity contribution is 0.0549. The van der Waals surface area contributed by atoms with E-state index in [1.54, 1.807) is 18.3 Å². The molecule has 4 radical (unpaired) electrons. The highest BCUT2D eigenvalue weighted by molar-refractivity contribution is 5.88. The molecule has 0 aliphatic heterocycles. The normalized spacial score (nSPS) is 8.31. The molecule has 3 nitrogen and oxygen atoms in total. The number of hydrogen-bond acceptors (Lipinski definition) is 3. The third kappa shape index (κ3) is 3.51. The Labute approximate surface area is 78.1 Å². The van der Waals surface area contributed by atoms with E-state index >= 15 is 0 Å². The van der Waals surface area contributed by atoms with Crippen LogP contribution in [0, 0.1) is 7.43 Å². The molecule has 66 valence electrons. The van der Waals surface area contributed by atoms with Crippen molar-refractivity contribution in [2.24, 2.45) is 0 Å². The number of hydrogen-bond donors (Lipinski definition) is 0. The fourth-order valence-corrected chi connectivity index (χ4v) is 0.701. The SMILES string of the molecule is C=CCOC(=O)c1cccnc1.[C]. The second kappa shape index (κ2) is 5.94. The number of carbonyl (C=O) groups excluding carboxylic acids is 1. The molecule has 0 aliphatic rings. The Bertz CT molecular complexity index is 270. The van der Waals surface area contributed by atoms with Crippen LogP contribution in [-0.4, -0.2) is 17.6 Å². The highest BCUT2D eigenvalue weighted by Gasteiger charge is 2.03. The van der Waals surface area contributed by atoms with Crippen molar-refractivity contribution in [2.45, 2.75) is 0 Å². The predicted molar refractivity (Wildman–Crippen MR) is 48.0 cm³/mol. The van der Waals surface area contributed by atoms with Crippen molar-refractivity contribution in [3.8, 4) is 0 Å². The molecule has 13 heavy (non-hydrogen) atoms. The van der Waals surface area contributed by atoms with E-state index in [-0.39, 0.29) is 20.0 Å². The zero-order chi connectivity index (χ0) is 8.81. The second-order valence-corrected chi connectivity index (χ2v) is 2.13. The van der Waals surface area contributed by atoms with Gasteiger partial charge in [0.25, 0.3) is 0 Å². The topological polar surface area (TPSA) is 39.2 Å². The van der Waals surface area contributed by atoms with Crippen LogP contribution in [0.15, 0.2) is 37.2 Å². The quantitative estimate of drug-likeness (QED) is 0.516. The first kappa shape index (κ1) is 11.4. The lowest BCUT2D eigenvalue weighted by Crippen LogP contribution is -2.04. The zero-order valence-electron chi connectivity index (χ0n) is 7.06. The van der Waals surface area contributed by atoms with Crippen molar-refractivity contribution >= 4 is 5.97 Å². The van der Waals surface area contributed by atoms with Crippen molar-refractivity contribution in [1.29, 1.82) is 0 Å². The van der Waals surface area contributed by atoms with Gasteiger partial charge in [-0.2, -0.15) is 0 Å². The molecule has 0 spiro atoms. The Kier molecular flexibility index (Phi) is 5.19. The summed E-state index contributed by atoms with van der Waals surface area (Å²) in [5, 5.41) is 0. The van der Waals surface area contributed by atoms with E-state index in [1.165, 1.54) is 12.3 Å². The Morgan fingerprint density at radius 1 is 1.69 bits per heavy atom. The Morgan fingerprint density at radius 2 is 2.46 bits per heavy atom. The highest BCUT2D eigenvalue weighted by Crippen LogP contribution is 1.97. The number of ether oxygens (including phenoxy) is 1. The van der Waals surface area contributed by atoms with Gasteiger partial charge in [-0.1, -0.05) is 12.7 Å². The summed E-state index contributed by atoms with van der Waals surface area (Å²) < 4.78 is 4.78. The lowest BCUT2D eigenvalue weighted by atomic mass is 10.3. The van der Waals surface area contributed by atoms with Gasteiger partial charge < -0.3 is 4.74 Å². The molecule has 0 amide bonds. The average Bonchev–Trinajstić information content (AvgIpc) is 2.15. The molecule has 1 rings (SSSR count). The van der Waals surface area contributed by atoms with Gasteiger partial charge in [-0.3, -0.25) is 4.98 Å². The number of rotatable bonds is 3. The van der Waals surface area contributed by atoms with Crippen molar-refractivity contribution in [1.82, 2.24) is 4.98 Å². The van der Waals surface area contributed by atoms with Crippen molar-refractivity contribution < 1.29 is 9.53 Å². The number of esters is 1. The molecule has 0 aliphatic carbocycles. The van der Waals surface area contributed by atoms with Crippen LogP contribution in [-0.2, 0) is 4.74 Å². The Morgan fingerprint density at radius 3 is 3.00 bits per heavy atom. The van der Waals surface area contributed by atoms with Crippen LogP contribution in [0.5, 0.6) is 0 Å². The minimum absolute atomic E-state index is 0. The molecule has 1 aromatic heterocycles. The summed E-state index contributed by atoms with van der Waals surface area (Å²) in [4.78, 5) is 14.9. The van der Waals surface area contributed by atoms with E-state index in [9.17, 15) is 4.79 Å². The summed E-state index contributed by atoms with van der Waals surface area (Å²) in [6.45, 7) is 3.66. The van der Waals surface area contributed by atoms with E-state index in [1.807, 2.05) is 0 Å². The van der Waals surface area contributed by atoms with Gasteiger partial charge in [0.05, 0.1) is 5.56 Å². The van der Waals surface area contributed by atoms with Crippen LogP contribution in [0.1, 0.15) is 10.4 Å². The van der Waals surface area contributed by atoms with Gasteiger partial charge >= 0.3 is 5.97 Å². The molecule has 0 bridgehead atoms. The van der Waals surface area contributed by atoms with Gasteiger partial charge in [-0.05, 0) is 12.1 Å². The molecular formula is C10H9NO2. The zero-order valence-corrected chi connectivity index (χ0v) is 7.06. The van der Waals surface area contributed by atoms with E-state index in [4.69, 9.17) is 4.74 Å². The van der Waals surface area contributed by atoms with Crippen LogP contribution in [0.2, 0.25) is 0 Å². The van der Waals surface area contributed by atoms with Gasteiger partial charge in [0.1, 0.15) is 6.61 Å². The maximum absolute atomic E-state index is 11.1. The van der Waals surface area contributed by atoms with Gasteiger partial charge in [0, 0.05) is 19.8 Å². The molecule has 0 saturated carbocycles. The Hall–Kier alpha value is -1.64. The highest BCUT2D eigenvalue weighted by atomic mass is 16.5. The first-order chi connectivity index (χ1) is 5.84. The summed E-state index contributed by atoms with van der Waals surface area (Å²) in [6, 6.07) is 3.34. The molecule has 0 unspecified atom stereocenters. The molecular weight excluding hydrogens is 166 g/mol. The predicted octanol–water partition coefficient (Wildman–Crippen LogP) is 1.51. The lowest BCUT2D eigenvalue weighted by Gasteiger charge is -1.99. The molecule has 0 fully saturated rings. The summed E-state index contributed by atoms with van der Waals surface area (Å²) >= 11 is 0. The monoisotopic (exact) mass is 175 g/mol. The van der Waals surface area contributed by atoms with Crippen LogP contribution in [0.4, 0.5) is 0 Å². The van der Waals surface area contributed by atoms with Crippen LogP contribution in [0.25, 0.3) is 0 Å². The van der Waals surface area contributed by atoms with E-state index in [0.717, 1.165) is 0 Å². The molecule has 0 atom stereocenters. The van der Waals surface area contributed by atoms with Gasteiger partial charge in [0.15, 0.2) is 0 Å². The minimum Gasteiger partial charge on any atom is -0.458 e. The summed E-state index contributed by atoms with van der Waals surface area (Å²) in [7, 11) is 0. The standard InChI is InChI=1S/C9H9NO2.C/c1-2-6-12-9(11)8-4-3-5-10-7-8;/h2-5,7H,1,6H2;. The molecule has 0 saturated heterocycles. The largest absolute Gasteiger partial charge is 0.458 e. The summed E-state index contributed by atoms with van der Waals surface area (Å²) in [5.41, 5.74) is 0.458. The van der Waals surface area contributed by atoms with Crippen LogP contribution >= 0.6 is 0 Å². The van der Waals surface area contributed by atoms with Crippen LogP contribution in [0.3, 0.4) is 0 Å². The third-order valence-electron chi connectivity index (χ3n) is 1.23. The van der Waals surface area contributed by atoms with E-state index < -0.39 is 0 Å². The van der Waals surface area contributed by atoms with Gasteiger partial charge in [-0.25, -0.2) is 4.79 Å². The molecule has 1 aromatic rings.